The molecule has 3 N–H and O–H groups in total. The first-order chi connectivity index (χ1) is 14.9. The lowest BCUT2D eigenvalue weighted by Crippen LogP contribution is -2.50. The number of halogens is 2. The quantitative estimate of drug-likeness (QED) is 0.310. The van der Waals surface area contributed by atoms with Crippen LogP contribution in [-0.4, -0.2) is 30.1 Å². The molecule has 0 saturated carbocycles. The molecule has 0 fully saturated rings. The third kappa shape index (κ3) is 7.20. The van der Waals surface area contributed by atoms with Crippen molar-refractivity contribution in [1.82, 2.24) is 16.2 Å². The second kappa shape index (κ2) is 11.1. The number of benzene rings is 3. The highest BCUT2D eigenvalue weighted by Crippen LogP contribution is 2.28. The standard InChI is InChI=1S/C21H17Br2N3O4S/c22-15-6-8-18(17(23)10-15)30-11-19(27)24-21(31)26-25-20(28)12-29-16-7-5-13-3-1-2-4-14(13)9-16/h1-10H,11-12H2,(H,25,28)(H2,24,26,27,31). The maximum atomic E-state index is 11.9. The second-order valence-corrected chi connectivity index (χ2v) is 8.39. The minimum Gasteiger partial charge on any atom is -0.484 e. The average molecular weight is 567 g/mol. The Hall–Kier alpha value is -2.69. The Labute approximate surface area is 200 Å². The Morgan fingerprint density at radius 1 is 0.839 bits per heavy atom. The van der Waals surface area contributed by atoms with Crippen LogP contribution in [-0.2, 0) is 9.59 Å². The van der Waals surface area contributed by atoms with Crippen molar-refractivity contribution in [3.63, 3.8) is 0 Å². The van der Waals surface area contributed by atoms with Crippen molar-refractivity contribution in [2.75, 3.05) is 13.2 Å². The molecular weight excluding hydrogens is 550 g/mol. The molecule has 0 heterocycles. The summed E-state index contributed by atoms with van der Waals surface area (Å²) in [5.41, 5.74) is 4.81. The van der Waals surface area contributed by atoms with Crippen molar-refractivity contribution < 1.29 is 19.1 Å². The molecule has 0 unspecified atom stereocenters. The molecule has 0 aliphatic heterocycles. The fourth-order valence-corrected chi connectivity index (χ4v) is 3.82. The van der Waals surface area contributed by atoms with E-state index in [4.69, 9.17) is 21.7 Å². The zero-order valence-electron chi connectivity index (χ0n) is 16.0. The number of ether oxygens (including phenoxy) is 2. The van der Waals surface area contributed by atoms with Crippen LogP contribution in [0.4, 0.5) is 0 Å². The Balaban J connectivity index is 1.37. The van der Waals surface area contributed by atoms with Crippen molar-refractivity contribution >= 4 is 71.8 Å². The predicted molar refractivity (Wildman–Crippen MR) is 129 cm³/mol. The summed E-state index contributed by atoms with van der Waals surface area (Å²) in [6.45, 7) is -0.469. The monoisotopic (exact) mass is 565 g/mol. The van der Waals surface area contributed by atoms with Crippen molar-refractivity contribution in [2.45, 2.75) is 0 Å². The van der Waals surface area contributed by atoms with E-state index in [1.165, 1.54) is 0 Å². The third-order valence-electron chi connectivity index (χ3n) is 3.91. The first kappa shape index (κ1) is 23.0. The number of hydrazine groups is 1. The minimum atomic E-state index is -0.478. The molecule has 7 nitrogen and oxygen atoms in total. The van der Waals surface area contributed by atoms with Crippen LogP contribution in [0.5, 0.6) is 11.5 Å². The van der Waals surface area contributed by atoms with Crippen LogP contribution < -0.4 is 25.6 Å². The van der Waals surface area contributed by atoms with E-state index in [0.29, 0.717) is 16.0 Å². The summed E-state index contributed by atoms with van der Waals surface area (Å²) in [5, 5.41) is 4.44. The van der Waals surface area contributed by atoms with Gasteiger partial charge >= 0.3 is 0 Å². The van der Waals surface area contributed by atoms with Gasteiger partial charge in [0.1, 0.15) is 11.5 Å². The van der Waals surface area contributed by atoms with Crippen LogP contribution in [0.15, 0.2) is 69.6 Å². The van der Waals surface area contributed by atoms with Gasteiger partial charge in [0.25, 0.3) is 11.8 Å². The molecule has 3 aromatic rings. The summed E-state index contributed by atoms with van der Waals surface area (Å²) in [5.74, 6) is 0.145. The van der Waals surface area contributed by atoms with Gasteiger partial charge in [0.2, 0.25) is 0 Å². The number of thiocarbonyl (C=S) groups is 1. The number of fused-ring (bicyclic) bond motifs is 1. The number of carbonyl (C=O) groups excluding carboxylic acids is 2. The molecule has 0 aliphatic rings. The van der Waals surface area contributed by atoms with Crippen LogP contribution in [0.25, 0.3) is 10.8 Å². The Kier molecular flexibility index (Phi) is 8.21. The second-order valence-electron chi connectivity index (χ2n) is 6.21. The van der Waals surface area contributed by atoms with E-state index in [0.717, 1.165) is 15.2 Å². The fourth-order valence-electron chi connectivity index (χ4n) is 2.50. The zero-order valence-corrected chi connectivity index (χ0v) is 20.0. The van der Waals surface area contributed by atoms with Crippen LogP contribution in [0.3, 0.4) is 0 Å². The van der Waals surface area contributed by atoms with Crippen molar-refractivity contribution in [3.05, 3.63) is 69.6 Å². The maximum Gasteiger partial charge on any atom is 0.276 e. The fraction of sp³-hybridized carbons (Fsp3) is 0.0952. The highest BCUT2D eigenvalue weighted by atomic mass is 79.9. The van der Waals surface area contributed by atoms with Gasteiger partial charge in [-0.3, -0.25) is 25.8 Å². The molecule has 2 amide bonds. The summed E-state index contributed by atoms with van der Waals surface area (Å²) >= 11 is 11.7. The normalized spacial score (nSPS) is 10.3. The van der Waals surface area contributed by atoms with Crippen molar-refractivity contribution in [1.29, 1.82) is 0 Å². The molecule has 0 radical (unpaired) electrons. The molecule has 0 spiro atoms. The van der Waals surface area contributed by atoms with Gasteiger partial charge in [-0.05, 0) is 69.3 Å². The average Bonchev–Trinajstić information content (AvgIpc) is 2.75. The number of hydrogen-bond donors (Lipinski definition) is 3. The summed E-state index contributed by atoms with van der Waals surface area (Å²) in [7, 11) is 0. The molecular formula is C21H17Br2N3O4S. The summed E-state index contributed by atoms with van der Waals surface area (Å²) < 4.78 is 12.5. The first-order valence-corrected chi connectivity index (χ1v) is 11.0. The van der Waals surface area contributed by atoms with E-state index < -0.39 is 11.8 Å². The lowest BCUT2D eigenvalue weighted by Gasteiger charge is -2.12. The molecule has 3 rings (SSSR count). The first-order valence-electron chi connectivity index (χ1n) is 8.99. The maximum absolute atomic E-state index is 11.9. The molecule has 0 aromatic heterocycles. The van der Waals surface area contributed by atoms with Crippen molar-refractivity contribution in [3.8, 4) is 11.5 Å². The molecule has 31 heavy (non-hydrogen) atoms. The molecule has 0 bridgehead atoms. The van der Waals surface area contributed by atoms with Gasteiger partial charge in [0, 0.05) is 4.47 Å². The van der Waals surface area contributed by atoms with Gasteiger partial charge in [-0.15, -0.1) is 0 Å². The van der Waals surface area contributed by atoms with E-state index in [1.807, 2.05) is 36.4 Å². The minimum absolute atomic E-state index is 0.0671. The Morgan fingerprint density at radius 2 is 1.58 bits per heavy atom. The van der Waals surface area contributed by atoms with Crippen LogP contribution in [0.1, 0.15) is 0 Å². The van der Waals surface area contributed by atoms with E-state index in [1.54, 1.807) is 24.3 Å². The Morgan fingerprint density at radius 3 is 2.35 bits per heavy atom. The highest BCUT2D eigenvalue weighted by molar-refractivity contribution is 9.11. The van der Waals surface area contributed by atoms with Gasteiger partial charge in [-0.1, -0.05) is 46.3 Å². The molecule has 3 aromatic carbocycles. The molecule has 160 valence electrons. The van der Waals surface area contributed by atoms with E-state index in [9.17, 15) is 9.59 Å². The van der Waals surface area contributed by atoms with E-state index >= 15 is 0 Å². The van der Waals surface area contributed by atoms with E-state index in [2.05, 4.69) is 48.0 Å². The van der Waals surface area contributed by atoms with E-state index in [-0.39, 0.29) is 18.3 Å². The summed E-state index contributed by atoms with van der Waals surface area (Å²) in [6.07, 6.45) is 0. The number of rotatable bonds is 6. The molecule has 10 heteroatoms. The summed E-state index contributed by atoms with van der Waals surface area (Å²) in [6, 6.07) is 18.7. The molecule has 0 saturated heterocycles. The van der Waals surface area contributed by atoms with Crippen LogP contribution >= 0.6 is 44.1 Å². The number of amides is 2. The lowest BCUT2D eigenvalue weighted by molar-refractivity contribution is -0.124. The number of nitrogens with one attached hydrogen (secondary N) is 3. The number of hydrogen-bond acceptors (Lipinski definition) is 5. The molecule has 0 aliphatic carbocycles. The van der Waals surface area contributed by atoms with Gasteiger partial charge in [-0.25, -0.2) is 0 Å². The highest BCUT2D eigenvalue weighted by Gasteiger charge is 2.09. The van der Waals surface area contributed by atoms with Gasteiger partial charge in [-0.2, -0.15) is 0 Å². The van der Waals surface area contributed by atoms with Crippen molar-refractivity contribution in [2.24, 2.45) is 0 Å². The topological polar surface area (TPSA) is 88.7 Å². The Bertz CT molecular complexity index is 1130. The zero-order chi connectivity index (χ0) is 22.2. The van der Waals surface area contributed by atoms with Crippen LogP contribution in [0.2, 0.25) is 0 Å². The molecule has 0 atom stereocenters. The number of carbonyl (C=O) groups is 2. The SMILES string of the molecule is O=C(COc1ccc2ccccc2c1)NNC(=S)NC(=O)COc1ccc(Br)cc1Br. The van der Waals surface area contributed by atoms with Crippen LogP contribution in [0, 0.1) is 0 Å². The van der Waals surface area contributed by atoms with Gasteiger partial charge < -0.3 is 9.47 Å². The predicted octanol–water partition coefficient (Wildman–Crippen LogP) is 3.84. The summed E-state index contributed by atoms with van der Waals surface area (Å²) in [4.78, 5) is 23.9. The van der Waals surface area contributed by atoms with Gasteiger partial charge in [0.05, 0.1) is 4.47 Å². The lowest BCUT2D eigenvalue weighted by atomic mass is 10.1. The largest absolute Gasteiger partial charge is 0.484 e. The smallest absolute Gasteiger partial charge is 0.276 e. The van der Waals surface area contributed by atoms with Gasteiger partial charge in [0.15, 0.2) is 18.3 Å². The third-order valence-corrected chi connectivity index (χ3v) is 5.23.